The highest BCUT2D eigenvalue weighted by Gasteiger charge is 2.18. The molecule has 2 heterocycles. The molecular weight excluding hydrogens is 372 g/mol. The van der Waals surface area contributed by atoms with E-state index in [0.717, 1.165) is 17.8 Å². The van der Waals surface area contributed by atoms with Gasteiger partial charge in [-0.15, -0.1) is 10.2 Å². The predicted molar refractivity (Wildman–Crippen MR) is 112 cm³/mol. The molecule has 6 nitrogen and oxygen atoms in total. The van der Waals surface area contributed by atoms with Gasteiger partial charge < -0.3 is 9.73 Å². The van der Waals surface area contributed by atoms with E-state index in [2.05, 4.69) is 43.2 Å². The zero-order valence-corrected chi connectivity index (χ0v) is 17.5. The highest BCUT2D eigenvalue weighted by atomic mass is 32.2. The Kier molecular flexibility index (Phi) is 6.57. The molecule has 1 amide bonds. The zero-order chi connectivity index (χ0) is 20.1. The number of nitrogens with zero attached hydrogens (tertiary/aromatic N) is 3. The number of amides is 1. The molecule has 0 fully saturated rings. The maximum atomic E-state index is 12.5. The van der Waals surface area contributed by atoms with Crippen LogP contribution in [0.1, 0.15) is 39.2 Å². The Bertz CT molecular complexity index is 916. The van der Waals surface area contributed by atoms with Crippen LogP contribution in [0.4, 0.5) is 5.69 Å². The molecule has 1 N–H and O–H groups in total. The molecule has 0 aliphatic carbocycles. The van der Waals surface area contributed by atoms with Crippen LogP contribution < -0.4 is 5.32 Å². The first-order chi connectivity index (χ1) is 13.5. The lowest BCUT2D eigenvalue weighted by Gasteiger charge is -2.14. The number of anilines is 1. The topological polar surface area (TPSA) is 73.0 Å². The minimum absolute atomic E-state index is 0.0586. The van der Waals surface area contributed by atoms with E-state index in [4.69, 9.17) is 4.42 Å². The highest BCUT2D eigenvalue weighted by molar-refractivity contribution is 7.99. The third-order valence-corrected chi connectivity index (χ3v) is 5.16. The van der Waals surface area contributed by atoms with Gasteiger partial charge in [-0.3, -0.25) is 9.36 Å². The fraction of sp³-hybridized carbons (Fsp3) is 0.381. The molecule has 0 bridgehead atoms. The van der Waals surface area contributed by atoms with Crippen LogP contribution >= 0.6 is 11.8 Å². The summed E-state index contributed by atoms with van der Waals surface area (Å²) in [6.45, 7) is 9.25. The monoisotopic (exact) mass is 398 g/mol. The van der Waals surface area contributed by atoms with E-state index in [1.165, 1.54) is 11.8 Å². The minimum Gasteiger partial charge on any atom is -0.461 e. The van der Waals surface area contributed by atoms with Gasteiger partial charge in [-0.2, -0.15) is 0 Å². The lowest BCUT2D eigenvalue weighted by atomic mass is 10.0. The number of rotatable bonds is 8. The van der Waals surface area contributed by atoms with Gasteiger partial charge in [0.1, 0.15) is 0 Å². The van der Waals surface area contributed by atoms with E-state index in [1.807, 2.05) is 41.0 Å². The molecule has 7 heteroatoms. The van der Waals surface area contributed by atoms with Crippen molar-refractivity contribution in [2.75, 3.05) is 11.1 Å². The second kappa shape index (κ2) is 9.10. The Hall–Kier alpha value is -2.54. The van der Waals surface area contributed by atoms with Gasteiger partial charge in [0.2, 0.25) is 5.91 Å². The average Bonchev–Trinajstić information content (AvgIpc) is 3.29. The van der Waals surface area contributed by atoms with Gasteiger partial charge >= 0.3 is 0 Å². The molecule has 28 heavy (non-hydrogen) atoms. The maximum absolute atomic E-state index is 12.5. The van der Waals surface area contributed by atoms with Crippen LogP contribution in [0.15, 0.2) is 52.2 Å². The van der Waals surface area contributed by atoms with Crippen LogP contribution in [0.5, 0.6) is 0 Å². The van der Waals surface area contributed by atoms with Crippen molar-refractivity contribution in [3.8, 4) is 11.6 Å². The second-order valence-corrected chi connectivity index (χ2v) is 8.31. The molecule has 148 valence electrons. The largest absolute Gasteiger partial charge is 0.461 e. The molecule has 3 rings (SSSR count). The molecule has 0 radical (unpaired) electrons. The number of hydrogen-bond donors (Lipinski definition) is 1. The van der Waals surface area contributed by atoms with Crippen LogP contribution in [-0.4, -0.2) is 26.4 Å². The van der Waals surface area contributed by atoms with Crippen molar-refractivity contribution >= 4 is 23.4 Å². The third-order valence-electron chi connectivity index (χ3n) is 4.20. The smallest absolute Gasteiger partial charge is 0.234 e. The lowest BCUT2D eigenvalue weighted by molar-refractivity contribution is -0.113. The number of thioether (sulfide) groups is 1. The normalized spacial score (nSPS) is 11.4. The molecule has 0 spiro atoms. The second-order valence-electron chi connectivity index (χ2n) is 7.37. The summed E-state index contributed by atoms with van der Waals surface area (Å²) < 4.78 is 7.50. The summed E-state index contributed by atoms with van der Waals surface area (Å²) >= 11 is 1.38. The van der Waals surface area contributed by atoms with E-state index < -0.39 is 0 Å². The van der Waals surface area contributed by atoms with Gasteiger partial charge in [0.05, 0.1) is 12.0 Å². The number of benzene rings is 1. The summed E-state index contributed by atoms with van der Waals surface area (Å²) in [5.41, 5.74) is 1.99. The Morgan fingerprint density at radius 2 is 1.93 bits per heavy atom. The first kappa shape index (κ1) is 20.2. The standard InChI is InChI=1S/C21H26N4O2S/c1-14(2)12-25-20(18-10-7-11-27-18)23-24-21(25)28-13-19(26)22-17-9-6-5-8-16(17)15(3)4/h5-11,14-15H,12-13H2,1-4H3,(H,22,26). The fourth-order valence-corrected chi connectivity index (χ4v) is 3.69. The summed E-state index contributed by atoms with van der Waals surface area (Å²) in [6.07, 6.45) is 1.62. The quantitative estimate of drug-likeness (QED) is 0.538. The zero-order valence-electron chi connectivity index (χ0n) is 16.7. The van der Waals surface area contributed by atoms with E-state index in [1.54, 1.807) is 6.26 Å². The number of hydrogen-bond acceptors (Lipinski definition) is 5. The molecule has 0 aliphatic rings. The number of carbonyl (C=O) groups is 1. The molecule has 3 aromatic rings. The Labute approximate surface area is 169 Å². The number of furan rings is 1. The summed E-state index contributed by atoms with van der Waals surface area (Å²) in [5.74, 6) is 2.32. The van der Waals surface area contributed by atoms with Crippen LogP contribution in [0.2, 0.25) is 0 Å². The summed E-state index contributed by atoms with van der Waals surface area (Å²) in [5, 5.41) is 12.3. The predicted octanol–water partition coefficient (Wildman–Crippen LogP) is 5.05. The van der Waals surface area contributed by atoms with Crippen LogP contribution in [-0.2, 0) is 11.3 Å². The summed E-state index contributed by atoms with van der Waals surface area (Å²) in [7, 11) is 0. The molecule has 0 saturated carbocycles. The fourth-order valence-electron chi connectivity index (χ4n) is 2.94. The third kappa shape index (κ3) is 4.84. The van der Waals surface area contributed by atoms with E-state index >= 15 is 0 Å². The van der Waals surface area contributed by atoms with Crippen molar-refractivity contribution in [3.63, 3.8) is 0 Å². The van der Waals surface area contributed by atoms with Gasteiger partial charge in [0.15, 0.2) is 16.7 Å². The molecule has 0 unspecified atom stereocenters. The van der Waals surface area contributed by atoms with Crippen molar-refractivity contribution < 1.29 is 9.21 Å². The molecule has 2 aromatic heterocycles. The first-order valence-electron chi connectivity index (χ1n) is 9.44. The van der Waals surface area contributed by atoms with Crippen molar-refractivity contribution in [2.24, 2.45) is 5.92 Å². The summed E-state index contributed by atoms with van der Waals surface area (Å²) in [6, 6.07) is 11.6. The van der Waals surface area contributed by atoms with Crippen LogP contribution in [0.3, 0.4) is 0 Å². The number of nitrogens with one attached hydrogen (secondary N) is 1. The van der Waals surface area contributed by atoms with E-state index in [0.29, 0.717) is 28.6 Å². The van der Waals surface area contributed by atoms with Gasteiger partial charge in [-0.1, -0.05) is 57.7 Å². The van der Waals surface area contributed by atoms with Crippen LogP contribution in [0, 0.1) is 5.92 Å². The Morgan fingerprint density at radius 1 is 1.14 bits per heavy atom. The van der Waals surface area contributed by atoms with Crippen molar-refractivity contribution in [1.82, 2.24) is 14.8 Å². The maximum Gasteiger partial charge on any atom is 0.234 e. The number of carbonyl (C=O) groups excluding carboxylic acids is 1. The Morgan fingerprint density at radius 3 is 2.61 bits per heavy atom. The van der Waals surface area contributed by atoms with Crippen molar-refractivity contribution in [2.45, 2.75) is 45.3 Å². The van der Waals surface area contributed by atoms with Gasteiger partial charge in [-0.05, 0) is 35.6 Å². The van der Waals surface area contributed by atoms with Gasteiger partial charge in [0.25, 0.3) is 0 Å². The number of aromatic nitrogens is 3. The molecule has 0 atom stereocenters. The molecule has 0 saturated heterocycles. The summed E-state index contributed by atoms with van der Waals surface area (Å²) in [4.78, 5) is 12.5. The minimum atomic E-state index is -0.0586. The van der Waals surface area contributed by atoms with Crippen molar-refractivity contribution in [1.29, 1.82) is 0 Å². The molecular formula is C21H26N4O2S. The highest BCUT2D eigenvalue weighted by Crippen LogP contribution is 2.27. The van der Waals surface area contributed by atoms with Crippen molar-refractivity contribution in [3.05, 3.63) is 48.2 Å². The molecule has 1 aromatic carbocycles. The van der Waals surface area contributed by atoms with Gasteiger partial charge in [0, 0.05) is 12.2 Å². The number of para-hydroxylation sites is 1. The van der Waals surface area contributed by atoms with Crippen LogP contribution in [0.25, 0.3) is 11.6 Å². The van der Waals surface area contributed by atoms with E-state index in [-0.39, 0.29) is 11.7 Å². The van der Waals surface area contributed by atoms with Gasteiger partial charge in [-0.25, -0.2) is 0 Å². The SMILES string of the molecule is CC(C)Cn1c(SCC(=O)Nc2ccccc2C(C)C)nnc1-c1ccco1. The average molecular weight is 399 g/mol. The molecule has 0 aliphatic heterocycles. The van der Waals surface area contributed by atoms with E-state index in [9.17, 15) is 4.79 Å². The first-order valence-corrected chi connectivity index (χ1v) is 10.4. The Balaban J connectivity index is 1.71. The lowest BCUT2D eigenvalue weighted by Crippen LogP contribution is -2.16.